The Morgan fingerprint density at radius 2 is 1.79 bits per heavy atom. The van der Waals surface area contributed by atoms with Crippen molar-refractivity contribution in [1.29, 1.82) is 0 Å². The summed E-state index contributed by atoms with van der Waals surface area (Å²) < 4.78 is 10.3. The molecule has 0 aliphatic rings. The van der Waals surface area contributed by atoms with Crippen molar-refractivity contribution in [1.82, 2.24) is 9.97 Å². The highest BCUT2D eigenvalue weighted by atomic mass is 79.9. The van der Waals surface area contributed by atoms with E-state index in [9.17, 15) is 9.90 Å². The van der Waals surface area contributed by atoms with E-state index in [2.05, 4.69) is 25.9 Å². The van der Waals surface area contributed by atoms with Crippen molar-refractivity contribution in [2.75, 3.05) is 14.2 Å². The minimum absolute atomic E-state index is 0.00823. The number of aromatic amines is 1. The molecule has 0 amide bonds. The number of nitrogens with zero attached hydrogens (tertiary/aromatic N) is 1. The third kappa shape index (κ3) is 2.70. The minimum atomic E-state index is -0.468. The Morgan fingerprint density at radius 1 is 1.21 bits per heavy atom. The maximum atomic E-state index is 11.6. The van der Waals surface area contributed by atoms with Gasteiger partial charge in [-0.1, -0.05) is 0 Å². The summed E-state index contributed by atoms with van der Waals surface area (Å²) in [6.07, 6.45) is 0. The lowest BCUT2D eigenvalue weighted by Gasteiger charge is -2.08. The molecule has 7 heteroatoms. The van der Waals surface area contributed by atoms with E-state index in [-0.39, 0.29) is 16.2 Å². The fourth-order valence-electron chi connectivity index (χ4n) is 1.53. The molecule has 1 aromatic heterocycles. The van der Waals surface area contributed by atoms with Gasteiger partial charge in [-0.2, -0.15) is 4.98 Å². The molecule has 0 saturated heterocycles. The van der Waals surface area contributed by atoms with Crippen molar-refractivity contribution in [2.45, 2.75) is 0 Å². The maximum Gasteiger partial charge on any atom is 0.269 e. The summed E-state index contributed by atoms with van der Waals surface area (Å²) in [6, 6.07) is 5.04. The van der Waals surface area contributed by atoms with Crippen LogP contribution >= 0.6 is 15.9 Å². The van der Waals surface area contributed by atoms with Crippen molar-refractivity contribution in [3.8, 4) is 28.8 Å². The number of H-pyrrole nitrogens is 1. The van der Waals surface area contributed by atoms with Crippen LogP contribution in [0.5, 0.6) is 17.4 Å². The standard InChI is InChI=1S/C12H11BrN2O4/c1-18-7-3-6(4-8(5-7)19-2)10-14-11(16)9(13)12(17)15-10/h3-5H,1-2H3,(H2,14,15,16,17). The maximum absolute atomic E-state index is 11.6. The lowest BCUT2D eigenvalue weighted by atomic mass is 10.2. The van der Waals surface area contributed by atoms with E-state index in [4.69, 9.17) is 9.47 Å². The van der Waals surface area contributed by atoms with Crippen LogP contribution in [0.15, 0.2) is 27.5 Å². The highest BCUT2D eigenvalue weighted by Gasteiger charge is 2.11. The predicted molar refractivity (Wildman–Crippen MR) is 72.8 cm³/mol. The molecule has 19 heavy (non-hydrogen) atoms. The zero-order valence-electron chi connectivity index (χ0n) is 10.2. The van der Waals surface area contributed by atoms with Gasteiger partial charge in [0.2, 0.25) is 5.88 Å². The van der Waals surface area contributed by atoms with E-state index in [0.29, 0.717) is 17.1 Å². The highest BCUT2D eigenvalue weighted by Crippen LogP contribution is 2.28. The van der Waals surface area contributed by atoms with Gasteiger partial charge in [0.1, 0.15) is 21.8 Å². The molecule has 2 N–H and O–H groups in total. The number of aromatic hydroxyl groups is 1. The Morgan fingerprint density at radius 3 is 2.26 bits per heavy atom. The molecular formula is C12H11BrN2O4. The smallest absolute Gasteiger partial charge is 0.269 e. The third-order valence-electron chi connectivity index (χ3n) is 2.47. The van der Waals surface area contributed by atoms with Gasteiger partial charge in [-0.05, 0) is 28.1 Å². The minimum Gasteiger partial charge on any atom is -0.497 e. The van der Waals surface area contributed by atoms with E-state index < -0.39 is 5.56 Å². The summed E-state index contributed by atoms with van der Waals surface area (Å²) in [4.78, 5) is 18.0. The predicted octanol–water partition coefficient (Wildman–Crippen LogP) is 1.92. The first kappa shape index (κ1) is 13.4. The molecule has 0 unspecified atom stereocenters. The normalized spacial score (nSPS) is 10.3. The number of halogens is 1. The molecule has 0 atom stereocenters. The van der Waals surface area contributed by atoms with Gasteiger partial charge in [-0.15, -0.1) is 0 Å². The van der Waals surface area contributed by atoms with E-state index in [1.165, 1.54) is 14.2 Å². The quantitative estimate of drug-likeness (QED) is 0.900. The van der Waals surface area contributed by atoms with Crippen molar-refractivity contribution in [3.63, 3.8) is 0 Å². The molecule has 0 aliphatic heterocycles. The first-order chi connectivity index (χ1) is 9.05. The summed E-state index contributed by atoms with van der Waals surface area (Å²) >= 11 is 2.94. The Kier molecular flexibility index (Phi) is 3.75. The molecule has 100 valence electrons. The first-order valence-electron chi connectivity index (χ1n) is 5.27. The van der Waals surface area contributed by atoms with Crippen LogP contribution in [0.2, 0.25) is 0 Å². The molecule has 0 spiro atoms. The second kappa shape index (κ2) is 5.31. The summed E-state index contributed by atoms with van der Waals surface area (Å²) in [5.41, 5.74) is 0.0976. The molecule has 1 heterocycles. The van der Waals surface area contributed by atoms with Crippen molar-refractivity contribution < 1.29 is 14.6 Å². The largest absolute Gasteiger partial charge is 0.497 e. The third-order valence-corrected chi connectivity index (χ3v) is 3.18. The van der Waals surface area contributed by atoms with Crippen LogP contribution in [0, 0.1) is 0 Å². The molecular weight excluding hydrogens is 316 g/mol. The molecule has 0 aliphatic carbocycles. The lowest BCUT2D eigenvalue weighted by molar-refractivity contribution is 0.394. The Labute approximate surface area is 117 Å². The number of ether oxygens (including phenoxy) is 2. The first-order valence-corrected chi connectivity index (χ1v) is 6.06. The van der Waals surface area contributed by atoms with Crippen LogP contribution in [0.3, 0.4) is 0 Å². The van der Waals surface area contributed by atoms with Gasteiger partial charge in [0.05, 0.1) is 14.2 Å². The number of benzene rings is 1. The van der Waals surface area contributed by atoms with Gasteiger partial charge in [0.15, 0.2) is 0 Å². The number of hydrogen-bond acceptors (Lipinski definition) is 5. The summed E-state index contributed by atoms with van der Waals surface area (Å²) in [7, 11) is 3.04. The molecule has 0 saturated carbocycles. The van der Waals surface area contributed by atoms with Crippen LogP contribution in [-0.2, 0) is 0 Å². The van der Waals surface area contributed by atoms with E-state index in [1.54, 1.807) is 18.2 Å². The van der Waals surface area contributed by atoms with Crippen molar-refractivity contribution >= 4 is 15.9 Å². The zero-order chi connectivity index (χ0) is 14.0. The highest BCUT2D eigenvalue weighted by molar-refractivity contribution is 9.10. The van der Waals surface area contributed by atoms with Crippen LogP contribution in [-0.4, -0.2) is 29.3 Å². The van der Waals surface area contributed by atoms with Crippen LogP contribution in [0.1, 0.15) is 0 Å². The van der Waals surface area contributed by atoms with Crippen molar-refractivity contribution in [2.24, 2.45) is 0 Å². The van der Waals surface area contributed by atoms with Gasteiger partial charge >= 0.3 is 0 Å². The summed E-state index contributed by atoms with van der Waals surface area (Å²) in [6.45, 7) is 0. The van der Waals surface area contributed by atoms with Gasteiger partial charge in [0.25, 0.3) is 5.56 Å². The fraction of sp³-hybridized carbons (Fsp3) is 0.167. The van der Waals surface area contributed by atoms with Crippen LogP contribution in [0.4, 0.5) is 0 Å². The van der Waals surface area contributed by atoms with Gasteiger partial charge in [-0.25, -0.2) is 0 Å². The summed E-state index contributed by atoms with van der Waals surface area (Å²) in [5.74, 6) is 0.960. The van der Waals surface area contributed by atoms with E-state index in [0.717, 1.165) is 0 Å². The number of rotatable bonds is 3. The second-order valence-corrected chi connectivity index (χ2v) is 4.45. The molecule has 0 fully saturated rings. The monoisotopic (exact) mass is 326 g/mol. The van der Waals surface area contributed by atoms with Gasteiger partial charge in [0, 0.05) is 11.6 Å². The molecule has 2 aromatic rings. The number of methoxy groups -OCH3 is 2. The zero-order valence-corrected chi connectivity index (χ0v) is 11.8. The number of aromatic nitrogens is 2. The van der Waals surface area contributed by atoms with E-state index in [1.807, 2.05) is 0 Å². The summed E-state index contributed by atoms with van der Waals surface area (Å²) in [5, 5.41) is 9.55. The molecule has 2 rings (SSSR count). The van der Waals surface area contributed by atoms with Crippen LogP contribution in [0.25, 0.3) is 11.4 Å². The molecule has 0 bridgehead atoms. The molecule has 6 nitrogen and oxygen atoms in total. The molecule has 0 radical (unpaired) electrons. The Hall–Kier alpha value is -2.02. The molecule has 1 aromatic carbocycles. The average Bonchev–Trinajstić information content (AvgIpc) is 2.43. The Balaban J connectivity index is 2.61. The van der Waals surface area contributed by atoms with Gasteiger partial charge < -0.3 is 19.6 Å². The average molecular weight is 327 g/mol. The van der Waals surface area contributed by atoms with Gasteiger partial charge in [-0.3, -0.25) is 4.79 Å². The Bertz CT molecular complexity index is 647. The topological polar surface area (TPSA) is 84.4 Å². The van der Waals surface area contributed by atoms with E-state index >= 15 is 0 Å². The SMILES string of the molecule is COc1cc(OC)cc(-c2nc(O)c(Br)c(=O)[nH]2)c1. The van der Waals surface area contributed by atoms with Crippen molar-refractivity contribution in [3.05, 3.63) is 33.0 Å². The van der Waals surface area contributed by atoms with Crippen LogP contribution < -0.4 is 15.0 Å². The number of nitrogens with one attached hydrogen (secondary N) is 1. The number of hydrogen-bond donors (Lipinski definition) is 2. The lowest BCUT2D eigenvalue weighted by Crippen LogP contribution is -2.09. The second-order valence-electron chi connectivity index (χ2n) is 3.65. The fourth-order valence-corrected chi connectivity index (χ4v) is 1.72.